The van der Waals surface area contributed by atoms with Gasteiger partial charge in [0.15, 0.2) is 11.6 Å². The normalized spacial score (nSPS) is 31.5. The molecule has 130 valence electrons. The molecule has 0 atom stereocenters. The van der Waals surface area contributed by atoms with E-state index in [9.17, 15) is 8.78 Å². The van der Waals surface area contributed by atoms with E-state index in [1.807, 2.05) is 0 Å². The van der Waals surface area contributed by atoms with E-state index in [0.717, 1.165) is 30.6 Å². The number of aryl methyl sites for hydroxylation is 1. The summed E-state index contributed by atoms with van der Waals surface area (Å²) in [4.78, 5) is 0. The van der Waals surface area contributed by atoms with Gasteiger partial charge in [0.2, 0.25) is 0 Å². The topological polar surface area (TPSA) is 0 Å². The van der Waals surface area contributed by atoms with Gasteiger partial charge in [0.1, 0.15) is 0 Å². The molecule has 0 radical (unpaired) electrons. The first-order valence-corrected chi connectivity index (χ1v) is 9.00. The quantitative estimate of drug-likeness (QED) is 0.549. The first-order valence-electron chi connectivity index (χ1n) is 9.00. The molecule has 0 unspecified atom stereocenters. The fourth-order valence-corrected chi connectivity index (χ4v) is 4.64. The molecule has 0 saturated heterocycles. The Hall–Kier alpha value is -0.920. The summed E-state index contributed by atoms with van der Waals surface area (Å²) in [6.07, 6.45) is 9.95. The van der Waals surface area contributed by atoms with Gasteiger partial charge in [0, 0.05) is 0 Å². The van der Waals surface area contributed by atoms with Crippen LogP contribution in [0.4, 0.5) is 8.78 Å². The van der Waals surface area contributed by atoms with Crippen LogP contribution in [0.25, 0.3) is 0 Å². The third kappa shape index (κ3) is 3.95. The monoisotopic (exact) mass is 322 g/mol. The van der Waals surface area contributed by atoms with Crippen molar-refractivity contribution in [3.8, 4) is 0 Å². The summed E-state index contributed by atoms with van der Waals surface area (Å²) in [6, 6.07) is 3.53. The Kier molecular flexibility index (Phi) is 6.22. The Morgan fingerprint density at radius 3 is 1.87 bits per heavy atom. The molecule has 0 N–H and O–H groups in total. The predicted octanol–water partition coefficient (Wildman–Crippen LogP) is 7.01. The van der Waals surface area contributed by atoms with Crippen molar-refractivity contribution in [2.45, 2.75) is 78.6 Å². The van der Waals surface area contributed by atoms with E-state index in [2.05, 4.69) is 6.92 Å². The highest BCUT2D eigenvalue weighted by atomic mass is 19.2. The molecule has 2 saturated carbocycles. The maximum atomic E-state index is 14.2. The van der Waals surface area contributed by atoms with E-state index >= 15 is 0 Å². The van der Waals surface area contributed by atoms with E-state index in [1.165, 1.54) is 38.5 Å². The Balaban J connectivity index is 0.00000192. The van der Waals surface area contributed by atoms with Crippen LogP contribution >= 0.6 is 0 Å². The summed E-state index contributed by atoms with van der Waals surface area (Å²) in [6.45, 7) is 3.99. The SMILES string of the molecule is C.Cc1ccc(C2CCC(C3CCC(C)CC3)CC2)c(F)c1F. The number of hydrogen-bond donors (Lipinski definition) is 0. The Morgan fingerprint density at radius 1 is 0.783 bits per heavy atom. The largest absolute Gasteiger partial charge is 0.203 e. The van der Waals surface area contributed by atoms with Crippen LogP contribution in [0.15, 0.2) is 12.1 Å². The fraction of sp³-hybridized carbons (Fsp3) is 0.714. The number of hydrogen-bond acceptors (Lipinski definition) is 0. The van der Waals surface area contributed by atoms with E-state index in [1.54, 1.807) is 19.1 Å². The molecule has 0 bridgehead atoms. The summed E-state index contributed by atoms with van der Waals surface area (Å²) in [7, 11) is 0. The van der Waals surface area contributed by atoms with E-state index in [-0.39, 0.29) is 13.3 Å². The first kappa shape index (κ1) is 18.4. The predicted molar refractivity (Wildman–Crippen MR) is 93.6 cm³/mol. The molecule has 1 aromatic rings. The third-order valence-corrected chi connectivity index (χ3v) is 6.24. The number of halogens is 2. The summed E-state index contributed by atoms with van der Waals surface area (Å²) >= 11 is 0. The molecular weight excluding hydrogens is 290 g/mol. The third-order valence-electron chi connectivity index (χ3n) is 6.24. The van der Waals surface area contributed by atoms with E-state index < -0.39 is 11.6 Å². The van der Waals surface area contributed by atoms with Crippen LogP contribution in [0.3, 0.4) is 0 Å². The second-order valence-corrected chi connectivity index (χ2v) is 7.73. The van der Waals surface area contributed by atoms with Crippen molar-refractivity contribution < 1.29 is 8.78 Å². The summed E-state index contributed by atoms with van der Waals surface area (Å²) in [5, 5.41) is 0. The molecule has 2 heteroatoms. The molecule has 3 rings (SSSR count). The summed E-state index contributed by atoms with van der Waals surface area (Å²) in [5.74, 6) is 1.57. The van der Waals surface area contributed by atoms with Gasteiger partial charge in [0.25, 0.3) is 0 Å². The Labute approximate surface area is 140 Å². The van der Waals surface area contributed by atoms with Crippen LogP contribution in [0.5, 0.6) is 0 Å². The van der Waals surface area contributed by atoms with Gasteiger partial charge in [-0.1, -0.05) is 39.3 Å². The highest BCUT2D eigenvalue weighted by Gasteiger charge is 2.31. The van der Waals surface area contributed by atoms with E-state index in [0.29, 0.717) is 11.1 Å². The van der Waals surface area contributed by atoms with Crippen molar-refractivity contribution in [2.24, 2.45) is 17.8 Å². The molecular formula is C21H32F2. The first-order chi connectivity index (χ1) is 10.6. The van der Waals surface area contributed by atoms with Gasteiger partial charge in [-0.15, -0.1) is 0 Å². The van der Waals surface area contributed by atoms with Crippen molar-refractivity contribution >= 4 is 0 Å². The fourth-order valence-electron chi connectivity index (χ4n) is 4.64. The second kappa shape index (κ2) is 7.77. The molecule has 0 amide bonds. The molecule has 0 aliphatic heterocycles. The zero-order valence-corrected chi connectivity index (χ0v) is 13.9. The lowest BCUT2D eigenvalue weighted by Gasteiger charge is -2.37. The van der Waals surface area contributed by atoms with Crippen LogP contribution in [-0.2, 0) is 0 Å². The molecule has 0 aromatic heterocycles. The minimum atomic E-state index is -0.652. The summed E-state index contributed by atoms with van der Waals surface area (Å²) < 4.78 is 27.9. The zero-order valence-electron chi connectivity index (χ0n) is 13.9. The average Bonchev–Trinajstić information content (AvgIpc) is 2.54. The van der Waals surface area contributed by atoms with Crippen molar-refractivity contribution in [3.05, 3.63) is 34.9 Å². The standard InChI is InChI=1S/C20H28F2.CH4/c1-13-3-6-15(7-4-13)16-8-10-17(11-9-16)18-12-5-14(2)19(21)20(18)22;/h5,12-13,15-17H,3-4,6-11H2,1-2H3;1H4. The van der Waals surface area contributed by atoms with Crippen molar-refractivity contribution in [1.29, 1.82) is 0 Å². The van der Waals surface area contributed by atoms with Gasteiger partial charge in [0.05, 0.1) is 0 Å². The second-order valence-electron chi connectivity index (χ2n) is 7.73. The van der Waals surface area contributed by atoms with Gasteiger partial charge in [-0.2, -0.15) is 0 Å². The van der Waals surface area contributed by atoms with Gasteiger partial charge in [-0.05, 0) is 80.2 Å². The van der Waals surface area contributed by atoms with Crippen LogP contribution in [-0.4, -0.2) is 0 Å². The average molecular weight is 322 g/mol. The van der Waals surface area contributed by atoms with Crippen LogP contribution in [0.1, 0.15) is 82.8 Å². The van der Waals surface area contributed by atoms with Crippen LogP contribution in [0, 0.1) is 36.3 Å². The molecule has 23 heavy (non-hydrogen) atoms. The minimum absolute atomic E-state index is 0. The number of rotatable bonds is 2. The molecule has 0 nitrogen and oxygen atoms in total. The lowest BCUT2D eigenvalue weighted by molar-refractivity contribution is 0.164. The Morgan fingerprint density at radius 2 is 1.30 bits per heavy atom. The van der Waals surface area contributed by atoms with Gasteiger partial charge < -0.3 is 0 Å². The smallest absolute Gasteiger partial charge is 0.162 e. The number of benzene rings is 1. The molecule has 2 fully saturated rings. The molecule has 0 heterocycles. The highest BCUT2D eigenvalue weighted by Crippen LogP contribution is 2.44. The molecule has 0 spiro atoms. The molecule has 1 aromatic carbocycles. The van der Waals surface area contributed by atoms with Crippen molar-refractivity contribution in [2.75, 3.05) is 0 Å². The lowest BCUT2D eigenvalue weighted by Crippen LogP contribution is -2.25. The highest BCUT2D eigenvalue weighted by molar-refractivity contribution is 5.28. The van der Waals surface area contributed by atoms with Gasteiger partial charge in [-0.3, -0.25) is 0 Å². The summed E-state index contributed by atoms with van der Waals surface area (Å²) in [5.41, 5.74) is 1.02. The van der Waals surface area contributed by atoms with Crippen molar-refractivity contribution in [3.63, 3.8) is 0 Å². The van der Waals surface area contributed by atoms with Crippen molar-refractivity contribution in [1.82, 2.24) is 0 Å². The maximum Gasteiger partial charge on any atom is 0.162 e. The lowest BCUT2D eigenvalue weighted by atomic mass is 9.68. The van der Waals surface area contributed by atoms with Gasteiger partial charge in [-0.25, -0.2) is 8.78 Å². The minimum Gasteiger partial charge on any atom is -0.203 e. The van der Waals surface area contributed by atoms with E-state index in [4.69, 9.17) is 0 Å². The maximum absolute atomic E-state index is 14.2. The van der Waals surface area contributed by atoms with Crippen LogP contribution < -0.4 is 0 Å². The molecule has 2 aliphatic rings. The zero-order chi connectivity index (χ0) is 15.7. The van der Waals surface area contributed by atoms with Gasteiger partial charge >= 0.3 is 0 Å². The van der Waals surface area contributed by atoms with Crippen LogP contribution in [0.2, 0.25) is 0 Å². The Bertz CT molecular complexity index is 507. The molecule has 2 aliphatic carbocycles.